The van der Waals surface area contributed by atoms with Gasteiger partial charge in [-0.3, -0.25) is 0 Å². The van der Waals surface area contributed by atoms with Crippen LogP contribution in [0.1, 0.15) is 5.56 Å². The van der Waals surface area contributed by atoms with Gasteiger partial charge in [-0.25, -0.2) is 0 Å². The van der Waals surface area contributed by atoms with Crippen LogP contribution in [0.15, 0.2) is 28.6 Å². The Balaban J connectivity index is 2.69. The van der Waals surface area contributed by atoms with Crippen molar-refractivity contribution in [2.45, 2.75) is 6.23 Å². The van der Waals surface area contributed by atoms with Gasteiger partial charge in [0.15, 0.2) is 6.23 Å². The lowest BCUT2D eigenvalue weighted by Gasteiger charge is -2.11. The molecule has 78 valence electrons. The number of nitroso groups, excluding NO2 is 1. The molecule has 1 aliphatic rings. The molecule has 6 nitrogen and oxygen atoms in total. The molecule has 15 heavy (non-hydrogen) atoms. The standard InChI is InChI=1S/C8H6ClN3O3/c9-4-2-1-3-5-6(4)7(10-14)8(13)12(5)11-15/h1-3,8,13-14H/b10-7-. The van der Waals surface area contributed by atoms with Crippen molar-refractivity contribution in [2.75, 3.05) is 5.01 Å². The zero-order chi connectivity index (χ0) is 11.0. The van der Waals surface area contributed by atoms with Crippen molar-refractivity contribution in [3.05, 3.63) is 33.7 Å². The van der Waals surface area contributed by atoms with E-state index in [4.69, 9.17) is 16.8 Å². The third-order valence-corrected chi connectivity index (χ3v) is 2.48. The van der Waals surface area contributed by atoms with Gasteiger partial charge in [0.2, 0.25) is 0 Å². The van der Waals surface area contributed by atoms with Gasteiger partial charge in [0.25, 0.3) is 0 Å². The molecule has 1 heterocycles. The van der Waals surface area contributed by atoms with Gasteiger partial charge in [-0.15, -0.1) is 4.91 Å². The maximum Gasteiger partial charge on any atom is 0.198 e. The Morgan fingerprint density at radius 3 is 2.80 bits per heavy atom. The number of aliphatic hydroxyl groups is 1. The molecule has 0 aromatic heterocycles. The van der Waals surface area contributed by atoms with Crippen LogP contribution in [-0.2, 0) is 0 Å². The monoisotopic (exact) mass is 227 g/mol. The van der Waals surface area contributed by atoms with Crippen molar-refractivity contribution in [1.82, 2.24) is 0 Å². The van der Waals surface area contributed by atoms with Crippen molar-refractivity contribution in [2.24, 2.45) is 10.4 Å². The molecule has 0 aliphatic carbocycles. The summed E-state index contributed by atoms with van der Waals surface area (Å²) in [5, 5.41) is 24.9. The topological polar surface area (TPSA) is 85.5 Å². The molecule has 1 unspecified atom stereocenters. The second kappa shape index (κ2) is 3.48. The van der Waals surface area contributed by atoms with E-state index in [0.29, 0.717) is 11.3 Å². The number of nitrogens with zero attached hydrogens (tertiary/aromatic N) is 3. The van der Waals surface area contributed by atoms with Crippen molar-refractivity contribution in [3.8, 4) is 0 Å². The molecular formula is C8H6ClN3O3. The van der Waals surface area contributed by atoms with E-state index in [1.807, 2.05) is 0 Å². The van der Waals surface area contributed by atoms with E-state index in [2.05, 4.69) is 10.4 Å². The predicted molar refractivity (Wildman–Crippen MR) is 54.1 cm³/mol. The Morgan fingerprint density at radius 1 is 1.47 bits per heavy atom. The quantitative estimate of drug-likeness (QED) is 0.431. The second-order valence-corrected chi connectivity index (χ2v) is 3.33. The molecule has 2 N–H and O–H groups in total. The van der Waals surface area contributed by atoms with Crippen molar-refractivity contribution in [3.63, 3.8) is 0 Å². The van der Waals surface area contributed by atoms with Crippen LogP contribution in [0, 0.1) is 4.91 Å². The highest BCUT2D eigenvalue weighted by Gasteiger charge is 2.37. The van der Waals surface area contributed by atoms with Crippen LogP contribution in [0.4, 0.5) is 5.69 Å². The van der Waals surface area contributed by atoms with Gasteiger partial charge in [0.1, 0.15) is 5.71 Å². The minimum absolute atomic E-state index is 0.0878. The number of oxime groups is 1. The van der Waals surface area contributed by atoms with E-state index in [-0.39, 0.29) is 10.7 Å². The highest BCUT2D eigenvalue weighted by Crippen LogP contribution is 2.36. The summed E-state index contributed by atoms with van der Waals surface area (Å²) in [6, 6.07) is 4.71. The summed E-state index contributed by atoms with van der Waals surface area (Å²) in [4.78, 5) is 10.5. The van der Waals surface area contributed by atoms with Crippen LogP contribution in [-0.4, -0.2) is 22.3 Å². The van der Waals surface area contributed by atoms with Gasteiger partial charge < -0.3 is 10.3 Å². The second-order valence-electron chi connectivity index (χ2n) is 2.92. The van der Waals surface area contributed by atoms with Crippen LogP contribution >= 0.6 is 11.6 Å². The van der Waals surface area contributed by atoms with E-state index in [1.54, 1.807) is 18.2 Å². The summed E-state index contributed by atoms with van der Waals surface area (Å²) in [7, 11) is 0. The lowest BCUT2D eigenvalue weighted by atomic mass is 10.1. The molecule has 1 aliphatic heterocycles. The number of anilines is 1. The number of hydrogen-bond acceptors (Lipinski definition) is 5. The lowest BCUT2D eigenvalue weighted by molar-refractivity contribution is 0.230. The summed E-state index contributed by atoms with van der Waals surface area (Å²) in [5.41, 5.74) is 0.543. The molecule has 1 aromatic rings. The fraction of sp³-hybridized carbons (Fsp3) is 0.125. The van der Waals surface area contributed by atoms with Crippen LogP contribution < -0.4 is 5.01 Å². The maximum absolute atomic E-state index is 10.5. The molecule has 0 fully saturated rings. The summed E-state index contributed by atoms with van der Waals surface area (Å²) in [6.45, 7) is 0. The van der Waals surface area contributed by atoms with E-state index in [9.17, 15) is 10.0 Å². The summed E-state index contributed by atoms with van der Waals surface area (Å²) < 4.78 is 0. The summed E-state index contributed by atoms with van der Waals surface area (Å²) in [6.07, 6.45) is -1.40. The molecule has 0 spiro atoms. The largest absolute Gasteiger partial charge is 0.410 e. The molecule has 0 amide bonds. The predicted octanol–water partition coefficient (Wildman–Crippen LogP) is 1.34. The molecular weight excluding hydrogens is 222 g/mol. The third-order valence-electron chi connectivity index (χ3n) is 2.17. The molecule has 0 bridgehead atoms. The average Bonchev–Trinajstić information content (AvgIpc) is 2.51. The molecule has 0 radical (unpaired) electrons. The van der Waals surface area contributed by atoms with Crippen LogP contribution in [0.3, 0.4) is 0 Å². The van der Waals surface area contributed by atoms with Crippen molar-refractivity contribution < 1.29 is 10.3 Å². The molecule has 1 atom stereocenters. The van der Waals surface area contributed by atoms with E-state index in [0.717, 1.165) is 5.01 Å². The number of fused-ring (bicyclic) bond motifs is 1. The summed E-state index contributed by atoms with van der Waals surface area (Å²) >= 11 is 5.86. The minimum Gasteiger partial charge on any atom is -0.410 e. The van der Waals surface area contributed by atoms with Crippen molar-refractivity contribution in [1.29, 1.82) is 0 Å². The highest BCUT2D eigenvalue weighted by atomic mass is 35.5. The first-order valence-corrected chi connectivity index (χ1v) is 4.40. The number of rotatable bonds is 1. The SMILES string of the molecule is O=NN1c2cccc(Cl)c2/C(=N/O)C1O. The van der Waals surface area contributed by atoms with E-state index >= 15 is 0 Å². The van der Waals surface area contributed by atoms with E-state index < -0.39 is 6.23 Å². The van der Waals surface area contributed by atoms with Gasteiger partial charge in [-0.2, -0.15) is 5.01 Å². The Bertz CT molecular complexity index is 449. The first-order valence-electron chi connectivity index (χ1n) is 4.02. The molecule has 2 rings (SSSR count). The third kappa shape index (κ3) is 1.26. The van der Waals surface area contributed by atoms with E-state index in [1.165, 1.54) is 0 Å². The number of halogens is 1. The molecule has 1 aromatic carbocycles. The summed E-state index contributed by atoms with van der Waals surface area (Å²) in [5.74, 6) is 0. The van der Waals surface area contributed by atoms with Gasteiger partial charge in [0, 0.05) is 5.56 Å². The Labute approximate surface area is 89.3 Å². The Kier molecular flexibility index (Phi) is 2.29. The zero-order valence-electron chi connectivity index (χ0n) is 7.33. The molecule has 0 saturated heterocycles. The highest BCUT2D eigenvalue weighted by molar-refractivity contribution is 6.36. The van der Waals surface area contributed by atoms with Gasteiger partial charge in [-0.05, 0) is 12.1 Å². The Morgan fingerprint density at radius 2 is 2.20 bits per heavy atom. The first-order chi connectivity index (χ1) is 7.20. The Hall–Kier alpha value is -1.66. The van der Waals surface area contributed by atoms with Gasteiger partial charge in [-0.1, -0.05) is 22.8 Å². The first kappa shape index (κ1) is 9.88. The molecule has 7 heteroatoms. The lowest BCUT2D eigenvalue weighted by Crippen LogP contribution is -2.30. The van der Waals surface area contributed by atoms with Gasteiger partial charge >= 0.3 is 0 Å². The normalized spacial score (nSPS) is 21.9. The smallest absolute Gasteiger partial charge is 0.198 e. The van der Waals surface area contributed by atoms with Gasteiger partial charge in [0.05, 0.1) is 16.0 Å². The fourth-order valence-corrected chi connectivity index (χ4v) is 1.79. The number of hydrogen-bond donors (Lipinski definition) is 2. The zero-order valence-corrected chi connectivity index (χ0v) is 8.09. The van der Waals surface area contributed by atoms with Crippen LogP contribution in [0.2, 0.25) is 5.02 Å². The average molecular weight is 228 g/mol. The number of aliphatic hydroxyl groups excluding tert-OH is 1. The minimum atomic E-state index is -1.40. The van der Waals surface area contributed by atoms with Crippen molar-refractivity contribution >= 4 is 23.0 Å². The van der Waals surface area contributed by atoms with Crippen LogP contribution in [0.25, 0.3) is 0 Å². The molecule has 0 saturated carbocycles. The van der Waals surface area contributed by atoms with Crippen LogP contribution in [0.5, 0.6) is 0 Å². The maximum atomic E-state index is 10.5. The number of benzene rings is 1. The fourth-order valence-electron chi connectivity index (χ4n) is 1.52.